The largest absolute Gasteiger partial charge is 0.506 e. The van der Waals surface area contributed by atoms with Crippen molar-refractivity contribution in [3.05, 3.63) is 24.3 Å². The highest BCUT2D eigenvalue weighted by atomic mass is 19.4. The molecular formula is C11H10F3NO2. The minimum absolute atomic E-state index is 0.00572. The van der Waals surface area contributed by atoms with Crippen molar-refractivity contribution < 1.29 is 23.1 Å². The number of Topliss-reactive ketones (excluding diaryl/α,β-unsaturated/α-hetero) is 1. The molecule has 3 nitrogen and oxygen atoms in total. The summed E-state index contributed by atoms with van der Waals surface area (Å²) in [5, 5.41) is 9.34. The number of ketones is 1. The standard InChI is InChI=1S/C11H10F3NO2/c1-7(6-10(17)11(12,13)14)15-8-4-2-3-5-9(8)16/h2-5,16H,6H2,1H3. The van der Waals surface area contributed by atoms with E-state index >= 15 is 0 Å². The summed E-state index contributed by atoms with van der Waals surface area (Å²) in [4.78, 5) is 14.4. The highest BCUT2D eigenvalue weighted by Crippen LogP contribution is 2.26. The van der Waals surface area contributed by atoms with Crippen molar-refractivity contribution in [1.29, 1.82) is 0 Å². The van der Waals surface area contributed by atoms with Gasteiger partial charge < -0.3 is 5.11 Å². The fourth-order valence-electron chi connectivity index (χ4n) is 1.14. The van der Waals surface area contributed by atoms with E-state index in [0.717, 1.165) is 0 Å². The molecule has 6 heteroatoms. The van der Waals surface area contributed by atoms with Crippen molar-refractivity contribution in [1.82, 2.24) is 0 Å². The van der Waals surface area contributed by atoms with Gasteiger partial charge in [-0.1, -0.05) is 12.1 Å². The number of phenols is 1. The fourth-order valence-corrected chi connectivity index (χ4v) is 1.14. The molecule has 0 unspecified atom stereocenters. The lowest BCUT2D eigenvalue weighted by Gasteiger charge is -2.05. The summed E-state index contributed by atoms with van der Waals surface area (Å²) in [6, 6.07) is 5.94. The second-order valence-corrected chi connectivity index (χ2v) is 3.43. The molecule has 0 saturated carbocycles. The van der Waals surface area contributed by atoms with Crippen LogP contribution in [-0.2, 0) is 4.79 Å². The topological polar surface area (TPSA) is 49.7 Å². The molecule has 92 valence electrons. The van der Waals surface area contributed by atoms with Crippen molar-refractivity contribution in [3.63, 3.8) is 0 Å². The van der Waals surface area contributed by atoms with E-state index in [1.54, 1.807) is 12.1 Å². The third-order valence-corrected chi connectivity index (χ3v) is 1.93. The number of nitrogens with zero attached hydrogens (tertiary/aromatic N) is 1. The van der Waals surface area contributed by atoms with Gasteiger partial charge in [-0.15, -0.1) is 0 Å². The van der Waals surface area contributed by atoms with Gasteiger partial charge >= 0.3 is 6.18 Å². The van der Waals surface area contributed by atoms with Gasteiger partial charge in [-0.05, 0) is 19.1 Å². The van der Waals surface area contributed by atoms with Gasteiger partial charge in [0.25, 0.3) is 0 Å². The molecule has 0 spiro atoms. The van der Waals surface area contributed by atoms with Gasteiger partial charge in [0, 0.05) is 5.71 Å². The zero-order chi connectivity index (χ0) is 13.1. The third kappa shape index (κ3) is 3.90. The molecule has 0 amide bonds. The molecule has 1 aromatic carbocycles. The summed E-state index contributed by atoms with van der Waals surface area (Å²) >= 11 is 0. The first-order chi connectivity index (χ1) is 7.80. The van der Waals surface area contributed by atoms with Gasteiger partial charge in [0.05, 0.1) is 6.42 Å². The van der Waals surface area contributed by atoms with Gasteiger partial charge in [0.1, 0.15) is 11.4 Å². The van der Waals surface area contributed by atoms with Crippen molar-refractivity contribution in [2.45, 2.75) is 19.5 Å². The van der Waals surface area contributed by atoms with Crippen LogP contribution in [0.2, 0.25) is 0 Å². The van der Waals surface area contributed by atoms with E-state index in [0.29, 0.717) is 0 Å². The second-order valence-electron chi connectivity index (χ2n) is 3.43. The van der Waals surface area contributed by atoms with Gasteiger partial charge in [-0.3, -0.25) is 9.79 Å². The first kappa shape index (κ1) is 13.2. The molecule has 0 bridgehead atoms. The lowest BCUT2D eigenvalue weighted by Crippen LogP contribution is -2.24. The highest BCUT2D eigenvalue weighted by Gasteiger charge is 2.37. The van der Waals surface area contributed by atoms with E-state index in [2.05, 4.69) is 4.99 Å². The first-order valence-electron chi connectivity index (χ1n) is 4.73. The summed E-state index contributed by atoms with van der Waals surface area (Å²) in [7, 11) is 0. The molecule has 1 N–H and O–H groups in total. The van der Waals surface area contributed by atoms with E-state index in [4.69, 9.17) is 0 Å². The van der Waals surface area contributed by atoms with E-state index in [9.17, 15) is 23.1 Å². The Morgan fingerprint density at radius 2 is 1.94 bits per heavy atom. The number of rotatable bonds is 3. The number of phenolic OH excluding ortho intramolecular Hbond substituents is 1. The summed E-state index contributed by atoms with van der Waals surface area (Å²) in [6.45, 7) is 1.30. The van der Waals surface area contributed by atoms with Crippen LogP contribution >= 0.6 is 0 Å². The van der Waals surface area contributed by atoms with Crippen molar-refractivity contribution in [2.24, 2.45) is 4.99 Å². The van der Waals surface area contributed by atoms with Gasteiger partial charge in [-0.2, -0.15) is 13.2 Å². The number of hydrogen-bond donors (Lipinski definition) is 1. The number of alkyl halides is 3. The average molecular weight is 245 g/mol. The number of aromatic hydroxyl groups is 1. The Hall–Kier alpha value is -1.85. The number of benzene rings is 1. The predicted octanol–water partition coefficient (Wildman–Crippen LogP) is 3.01. The Labute approximate surface area is 95.6 Å². The predicted molar refractivity (Wildman–Crippen MR) is 56.6 cm³/mol. The maximum Gasteiger partial charge on any atom is 0.450 e. The lowest BCUT2D eigenvalue weighted by atomic mass is 10.2. The van der Waals surface area contributed by atoms with Crippen LogP contribution in [0.1, 0.15) is 13.3 Å². The molecule has 0 aliphatic rings. The number of hydrogen-bond acceptors (Lipinski definition) is 3. The van der Waals surface area contributed by atoms with Crippen LogP contribution in [0.3, 0.4) is 0 Å². The van der Waals surface area contributed by atoms with Crippen LogP contribution in [0, 0.1) is 0 Å². The molecule has 0 aliphatic carbocycles. The van der Waals surface area contributed by atoms with Crippen LogP contribution < -0.4 is 0 Å². The van der Waals surface area contributed by atoms with Crippen LogP contribution in [-0.4, -0.2) is 22.8 Å². The van der Waals surface area contributed by atoms with Crippen LogP contribution in [0.25, 0.3) is 0 Å². The first-order valence-corrected chi connectivity index (χ1v) is 4.73. The summed E-state index contributed by atoms with van der Waals surface area (Å²) in [5.41, 5.74) is 0.133. The number of halogens is 3. The molecule has 0 saturated heterocycles. The Morgan fingerprint density at radius 3 is 2.47 bits per heavy atom. The maximum atomic E-state index is 12.0. The molecular weight excluding hydrogens is 235 g/mol. The molecule has 1 aromatic rings. The van der Waals surface area contributed by atoms with Gasteiger partial charge in [0.2, 0.25) is 5.78 Å². The third-order valence-electron chi connectivity index (χ3n) is 1.93. The monoisotopic (exact) mass is 245 g/mol. The molecule has 0 aliphatic heterocycles. The van der Waals surface area contributed by atoms with E-state index in [1.807, 2.05) is 0 Å². The van der Waals surface area contributed by atoms with Crippen molar-refractivity contribution in [3.8, 4) is 5.75 Å². The summed E-state index contributed by atoms with van der Waals surface area (Å²) in [5.74, 6) is -2.00. The smallest absolute Gasteiger partial charge is 0.450 e. The molecule has 1 rings (SSSR count). The van der Waals surface area contributed by atoms with E-state index in [-0.39, 0.29) is 17.1 Å². The molecule has 0 heterocycles. The Balaban J connectivity index is 2.81. The summed E-state index contributed by atoms with van der Waals surface area (Å²) in [6.07, 6.45) is -5.66. The van der Waals surface area contributed by atoms with Gasteiger partial charge in [-0.25, -0.2) is 0 Å². The zero-order valence-electron chi connectivity index (χ0n) is 8.95. The molecule has 0 aromatic heterocycles. The highest BCUT2D eigenvalue weighted by molar-refractivity contribution is 6.04. The summed E-state index contributed by atoms with van der Waals surface area (Å²) < 4.78 is 35.9. The van der Waals surface area contributed by atoms with Crippen LogP contribution in [0.15, 0.2) is 29.3 Å². The van der Waals surface area contributed by atoms with E-state index in [1.165, 1.54) is 19.1 Å². The zero-order valence-corrected chi connectivity index (χ0v) is 8.95. The second kappa shape index (κ2) is 4.99. The number of carbonyl (C=O) groups excluding carboxylic acids is 1. The van der Waals surface area contributed by atoms with Crippen LogP contribution in [0.5, 0.6) is 5.75 Å². The maximum absolute atomic E-state index is 12.0. The van der Waals surface area contributed by atoms with Crippen molar-refractivity contribution in [2.75, 3.05) is 0 Å². The molecule has 17 heavy (non-hydrogen) atoms. The average Bonchev–Trinajstić information content (AvgIpc) is 2.20. The SMILES string of the molecule is CC(CC(=O)C(F)(F)F)=Nc1ccccc1O. The number of carbonyl (C=O) groups is 1. The van der Waals surface area contributed by atoms with E-state index < -0.39 is 18.4 Å². The number of para-hydroxylation sites is 2. The Bertz CT molecular complexity index is 452. The minimum Gasteiger partial charge on any atom is -0.506 e. The van der Waals surface area contributed by atoms with Gasteiger partial charge in [0.15, 0.2) is 0 Å². The molecule has 0 fully saturated rings. The molecule has 0 atom stereocenters. The van der Waals surface area contributed by atoms with Crippen LogP contribution in [0.4, 0.5) is 18.9 Å². The lowest BCUT2D eigenvalue weighted by molar-refractivity contribution is -0.169. The minimum atomic E-state index is -4.85. The Kier molecular flexibility index (Phi) is 3.88. The fraction of sp³-hybridized carbons (Fsp3) is 0.273. The molecule has 0 radical (unpaired) electrons. The normalized spacial score (nSPS) is 12.6. The quantitative estimate of drug-likeness (QED) is 0.832. The number of aliphatic imine (C=N–C) groups is 1. The Morgan fingerprint density at radius 1 is 1.35 bits per heavy atom. The van der Waals surface area contributed by atoms with Crippen molar-refractivity contribution >= 4 is 17.2 Å².